The fourth-order valence-electron chi connectivity index (χ4n) is 2.27. The van der Waals surface area contributed by atoms with Crippen LogP contribution in [0.25, 0.3) is 22.4 Å². The molecule has 0 aliphatic carbocycles. The van der Waals surface area contributed by atoms with Crippen molar-refractivity contribution in [1.82, 2.24) is 7.76 Å². The summed E-state index contributed by atoms with van der Waals surface area (Å²) in [6.07, 6.45) is 3.74. The lowest BCUT2D eigenvalue weighted by molar-refractivity contribution is -0.633. The summed E-state index contributed by atoms with van der Waals surface area (Å²) in [6.45, 7) is 2.14. The first-order valence-corrected chi connectivity index (χ1v) is 6.73. The van der Waals surface area contributed by atoms with E-state index in [9.17, 15) is 0 Å². The molecule has 90 valence electrons. The van der Waals surface area contributed by atoms with Gasteiger partial charge in [-0.15, -0.1) is 0 Å². The second-order valence-electron chi connectivity index (χ2n) is 4.34. The van der Waals surface area contributed by atoms with E-state index in [2.05, 4.69) is 73.4 Å². The van der Waals surface area contributed by atoms with Gasteiger partial charge in [0.25, 0.3) is 5.82 Å². The van der Waals surface area contributed by atoms with Gasteiger partial charge in [0.2, 0.25) is 22.9 Å². The molecule has 0 fully saturated rings. The first kappa shape index (κ1) is 11.6. The molecule has 18 heavy (non-hydrogen) atoms. The predicted molar refractivity (Wildman–Crippen MR) is 80.5 cm³/mol. The Labute approximate surface area is 120 Å². The van der Waals surface area contributed by atoms with Gasteiger partial charge in [0.15, 0.2) is 11.0 Å². The van der Waals surface area contributed by atoms with Crippen LogP contribution in [0, 0.1) is 6.92 Å². The van der Waals surface area contributed by atoms with Crippen LogP contribution in [-0.2, 0) is 7.05 Å². The van der Waals surface area contributed by atoms with Crippen molar-refractivity contribution in [3.05, 3.63) is 48.3 Å². The Bertz CT molecular complexity index is 692. The normalized spacial score (nSPS) is 11.1. The maximum Gasteiger partial charge on any atom is 0.298 e. The van der Waals surface area contributed by atoms with Gasteiger partial charge in [-0.25, -0.2) is 4.57 Å². The van der Waals surface area contributed by atoms with E-state index in [-0.39, 0.29) is 0 Å². The minimum atomic E-state index is 1.14. The molecule has 0 saturated carbocycles. The summed E-state index contributed by atoms with van der Waals surface area (Å²) in [5.41, 5.74) is 4.86. The summed E-state index contributed by atoms with van der Waals surface area (Å²) in [6, 6.07) is 10.5. The standard InChI is InChI=1S/C14H13IN3/c1-10-5-3-4-6-11(10)14-17(2)13-9-16-8-7-12(13)18(14)15/h3-9H,1-2H3/q+1. The summed E-state index contributed by atoms with van der Waals surface area (Å²) in [5.74, 6) is 1.19. The largest absolute Gasteiger partial charge is 0.298 e. The number of imidazole rings is 1. The molecular formula is C14H13IN3+. The van der Waals surface area contributed by atoms with E-state index in [1.54, 1.807) is 0 Å². The van der Waals surface area contributed by atoms with Gasteiger partial charge in [0.1, 0.15) is 0 Å². The molecule has 1 aromatic carbocycles. The van der Waals surface area contributed by atoms with Crippen molar-refractivity contribution >= 4 is 33.9 Å². The molecule has 0 spiro atoms. The Morgan fingerprint density at radius 2 is 2.00 bits per heavy atom. The van der Waals surface area contributed by atoms with Crippen LogP contribution in [0.4, 0.5) is 0 Å². The number of hydrogen-bond donors (Lipinski definition) is 0. The van der Waals surface area contributed by atoms with Gasteiger partial charge in [-0.2, -0.15) is 2.78 Å². The predicted octanol–water partition coefficient (Wildman–Crippen LogP) is 3.03. The van der Waals surface area contributed by atoms with Crippen molar-refractivity contribution in [2.24, 2.45) is 7.05 Å². The molecule has 0 amide bonds. The van der Waals surface area contributed by atoms with Crippen LogP contribution < -0.4 is 4.57 Å². The monoisotopic (exact) mass is 350 g/mol. The van der Waals surface area contributed by atoms with Crippen molar-refractivity contribution in [2.45, 2.75) is 6.92 Å². The molecule has 0 atom stereocenters. The van der Waals surface area contributed by atoms with E-state index < -0.39 is 0 Å². The highest BCUT2D eigenvalue weighted by Crippen LogP contribution is 2.26. The van der Waals surface area contributed by atoms with Crippen LogP contribution >= 0.6 is 22.9 Å². The van der Waals surface area contributed by atoms with Crippen molar-refractivity contribution in [3.8, 4) is 11.4 Å². The van der Waals surface area contributed by atoms with Crippen molar-refractivity contribution in [2.75, 3.05) is 0 Å². The maximum absolute atomic E-state index is 4.21. The molecule has 0 saturated heterocycles. The van der Waals surface area contributed by atoms with Crippen LogP contribution in [0.1, 0.15) is 5.56 Å². The van der Waals surface area contributed by atoms with Gasteiger partial charge >= 0.3 is 0 Å². The third-order valence-electron chi connectivity index (χ3n) is 3.24. The van der Waals surface area contributed by atoms with Crippen LogP contribution in [0.15, 0.2) is 42.7 Å². The zero-order valence-electron chi connectivity index (χ0n) is 10.3. The van der Waals surface area contributed by atoms with Crippen LogP contribution in [0.3, 0.4) is 0 Å². The number of aromatic nitrogens is 3. The van der Waals surface area contributed by atoms with Crippen LogP contribution in [-0.4, -0.2) is 7.76 Å². The minimum absolute atomic E-state index is 1.14. The molecule has 4 heteroatoms. The van der Waals surface area contributed by atoms with E-state index in [1.165, 1.54) is 22.5 Å². The Kier molecular flexibility index (Phi) is 2.81. The number of rotatable bonds is 1. The molecule has 0 unspecified atom stereocenters. The summed E-state index contributed by atoms with van der Waals surface area (Å²) in [4.78, 5) is 4.21. The third kappa shape index (κ3) is 1.63. The summed E-state index contributed by atoms with van der Waals surface area (Å²) in [5, 5.41) is 0. The highest BCUT2D eigenvalue weighted by Gasteiger charge is 2.23. The van der Waals surface area contributed by atoms with E-state index in [1.807, 2.05) is 18.5 Å². The molecular weight excluding hydrogens is 337 g/mol. The Morgan fingerprint density at radius 1 is 1.22 bits per heavy atom. The lowest BCUT2D eigenvalue weighted by atomic mass is 10.1. The minimum Gasteiger partial charge on any atom is -0.260 e. The van der Waals surface area contributed by atoms with E-state index in [0.29, 0.717) is 0 Å². The van der Waals surface area contributed by atoms with Gasteiger partial charge in [-0.1, -0.05) is 18.2 Å². The van der Waals surface area contributed by atoms with Crippen molar-refractivity contribution in [3.63, 3.8) is 0 Å². The summed E-state index contributed by atoms with van der Waals surface area (Å²) in [7, 11) is 2.08. The number of aryl methyl sites for hydroxylation is 2. The lowest BCUT2D eigenvalue weighted by Gasteiger charge is -2.01. The van der Waals surface area contributed by atoms with Gasteiger partial charge in [0.05, 0.1) is 18.8 Å². The van der Waals surface area contributed by atoms with Gasteiger partial charge in [-0.05, 0) is 18.6 Å². The quantitative estimate of drug-likeness (QED) is 0.488. The second-order valence-corrected chi connectivity index (χ2v) is 5.31. The van der Waals surface area contributed by atoms with Crippen molar-refractivity contribution < 1.29 is 4.57 Å². The van der Waals surface area contributed by atoms with Crippen LogP contribution in [0.5, 0.6) is 0 Å². The molecule has 3 rings (SSSR count). The number of pyridine rings is 1. The zero-order chi connectivity index (χ0) is 12.7. The summed E-state index contributed by atoms with van der Waals surface area (Å²) >= 11 is 2.35. The zero-order valence-corrected chi connectivity index (χ0v) is 12.4. The second kappa shape index (κ2) is 4.35. The van der Waals surface area contributed by atoms with Crippen molar-refractivity contribution in [1.29, 1.82) is 0 Å². The van der Waals surface area contributed by atoms with E-state index in [4.69, 9.17) is 0 Å². The Morgan fingerprint density at radius 3 is 2.72 bits per heavy atom. The van der Waals surface area contributed by atoms with Gasteiger partial charge < -0.3 is 0 Å². The summed E-state index contributed by atoms with van der Waals surface area (Å²) < 4.78 is 4.38. The molecule has 0 N–H and O–H groups in total. The third-order valence-corrected chi connectivity index (χ3v) is 4.22. The number of halogens is 1. The topological polar surface area (TPSA) is 21.7 Å². The molecule has 2 heterocycles. The molecule has 0 aliphatic rings. The fraction of sp³-hybridized carbons (Fsp3) is 0.143. The number of nitrogens with zero attached hydrogens (tertiary/aromatic N) is 3. The molecule has 2 aromatic heterocycles. The Balaban J connectivity index is 2.40. The first-order chi connectivity index (χ1) is 8.70. The molecule has 3 nitrogen and oxygen atoms in total. The highest BCUT2D eigenvalue weighted by atomic mass is 127. The molecule has 0 bridgehead atoms. The fourth-order valence-corrected chi connectivity index (χ4v) is 3.26. The smallest absolute Gasteiger partial charge is 0.260 e. The highest BCUT2D eigenvalue weighted by molar-refractivity contribution is 14.1. The average Bonchev–Trinajstić information content (AvgIpc) is 2.64. The molecule has 0 radical (unpaired) electrons. The number of fused-ring (bicyclic) bond motifs is 1. The van der Waals surface area contributed by atoms with Gasteiger partial charge in [0, 0.05) is 12.3 Å². The first-order valence-electron chi connectivity index (χ1n) is 5.77. The molecule has 3 aromatic rings. The number of hydrogen-bond acceptors (Lipinski definition) is 1. The van der Waals surface area contributed by atoms with E-state index in [0.717, 1.165) is 5.52 Å². The average molecular weight is 350 g/mol. The SMILES string of the molecule is Cc1ccccc1-c1n(I)c2ccncc2[n+]1C. The molecule has 0 aliphatic heterocycles. The lowest BCUT2D eigenvalue weighted by Crippen LogP contribution is -2.29. The Hall–Kier alpha value is -1.43. The number of benzene rings is 1. The maximum atomic E-state index is 4.21. The van der Waals surface area contributed by atoms with Crippen LogP contribution in [0.2, 0.25) is 0 Å². The van der Waals surface area contributed by atoms with E-state index >= 15 is 0 Å². The van der Waals surface area contributed by atoms with Gasteiger partial charge in [-0.3, -0.25) is 4.98 Å².